The normalized spacial score (nSPS) is 11.9. The molecule has 0 unspecified atom stereocenters. The average molecular weight is 395 g/mol. The summed E-state index contributed by atoms with van der Waals surface area (Å²) in [6.07, 6.45) is -1.13. The van der Waals surface area contributed by atoms with Gasteiger partial charge < -0.3 is 10.1 Å². The number of hydrogen-bond donors (Lipinski definition) is 3. The highest BCUT2D eigenvalue weighted by atomic mass is 19.1. The van der Waals surface area contributed by atoms with E-state index in [1.54, 1.807) is 39.0 Å². The molecule has 2 aromatic heterocycles. The van der Waals surface area contributed by atoms with Crippen molar-refractivity contribution in [1.29, 1.82) is 0 Å². The van der Waals surface area contributed by atoms with Gasteiger partial charge in [0.2, 0.25) is 5.95 Å². The average Bonchev–Trinajstić information content (AvgIpc) is 3.03. The summed E-state index contributed by atoms with van der Waals surface area (Å²) in [6.45, 7) is 5.29. The second kappa shape index (κ2) is 6.40. The molecule has 8 nitrogen and oxygen atoms in total. The molecule has 148 valence electrons. The molecule has 0 aliphatic carbocycles. The third-order valence-electron chi connectivity index (χ3n) is 4.58. The lowest BCUT2D eigenvalue weighted by atomic mass is 10.0. The van der Waals surface area contributed by atoms with E-state index in [0.717, 1.165) is 4.90 Å². The van der Waals surface area contributed by atoms with Gasteiger partial charge in [-0.15, -0.1) is 0 Å². The molecule has 0 atom stereocenters. The first-order valence-corrected chi connectivity index (χ1v) is 8.87. The molecular formula is C20H18FN5O3. The van der Waals surface area contributed by atoms with E-state index in [0.29, 0.717) is 16.6 Å². The molecule has 4 rings (SSSR count). The minimum Gasteiger partial charge on any atom is -0.465 e. The SMILES string of the molecule is CC(C)(C)N(C(=O)O)c1nc2ccc(-c3n[nH]c(=O)c4cccc(F)c34)cc2[nH]1. The Kier molecular flexibility index (Phi) is 4.11. The number of imidazole rings is 1. The standard InChI is InChI=1S/C20H18FN5O3/c1-20(2,3)26(19(28)29)18-22-13-8-7-10(9-14(13)23-18)16-15-11(17(27)25-24-16)5-4-6-12(15)21/h4-9H,1-3H3,(H,22,23)(H,25,27)(H,28,29). The topological polar surface area (TPSA) is 115 Å². The lowest BCUT2D eigenvalue weighted by molar-refractivity contribution is 0.195. The molecule has 1 amide bonds. The van der Waals surface area contributed by atoms with Gasteiger partial charge in [-0.05, 0) is 45.0 Å². The molecule has 0 aliphatic heterocycles. The molecular weight excluding hydrogens is 377 g/mol. The van der Waals surface area contributed by atoms with Crippen molar-refractivity contribution in [2.75, 3.05) is 4.90 Å². The molecule has 2 heterocycles. The minimum absolute atomic E-state index is 0.122. The molecule has 0 fully saturated rings. The quantitative estimate of drug-likeness (QED) is 0.476. The molecule has 0 bridgehead atoms. The maximum Gasteiger partial charge on any atom is 0.414 e. The third kappa shape index (κ3) is 3.10. The van der Waals surface area contributed by atoms with E-state index in [2.05, 4.69) is 20.2 Å². The first-order valence-electron chi connectivity index (χ1n) is 8.87. The first kappa shape index (κ1) is 18.6. The van der Waals surface area contributed by atoms with Crippen LogP contribution in [0.3, 0.4) is 0 Å². The van der Waals surface area contributed by atoms with Crippen molar-refractivity contribution in [3.05, 3.63) is 52.6 Å². The summed E-state index contributed by atoms with van der Waals surface area (Å²) in [6, 6.07) is 9.35. The number of nitrogens with zero attached hydrogens (tertiary/aromatic N) is 3. The summed E-state index contributed by atoms with van der Waals surface area (Å²) in [5.41, 5.74) is 0.759. The van der Waals surface area contributed by atoms with Gasteiger partial charge >= 0.3 is 6.09 Å². The van der Waals surface area contributed by atoms with E-state index in [1.165, 1.54) is 18.2 Å². The molecule has 0 aliphatic rings. The number of nitrogens with one attached hydrogen (secondary N) is 2. The molecule has 9 heteroatoms. The lowest BCUT2D eigenvalue weighted by Crippen LogP contribution is -2.45. The number of carboxylic acid groups (broad SMARTS) is 1. The Morgan fingerprint density at radius 1 is 1.21 bits per heavy atom. The monoisotopic (exact) mass is 395 g/mol. The predicted molar refractivity (Wildman–Crippen MR) is 108 cm³/mol. The van der Waals surface area contributed by atoms with Crippen molar-refractivity contribution < 1.29 is 14.3 Å². The van der Waals surface area contributed by atoms with Gasteiger partial charge in [-0.2, -0.15) is 5.10 Å². The summed E-state index contributed by atoms with van der Waals surface area (Å²) in [5, 5.41) is 16.3. The Morgan fingerprint density at radius 3 is 2.66 bits per heavy atom. The highest BCUT2D eigenvalue weighted by molar-refractivity contribution is 5.96. The van der Waals surface area contributed by atoms with Crippen molar-refractivity contribution in [2.45, 2.75) is 26.3 Å². The Bertz CT molecular complexity index is 1320. The fourth-order valence-electron chi connectivity index (χ4n) is 3.33. The molecule has 4 aromatic rings. The van der Waals surface area contributed by atoms with Crippen LogP contribution in [0.15, 0.2) is 41.2 Å². The van der Waals surface area contributed by atoms with Crippen LogP contribution in [0, 0.1) is 5.82 Å². The van der Waals surface area contributed by atoms with Gasteiger partial charge in [0.1, 0.15) is 11.5 Å². The number of aromatic nitrogens is 4. The van der Waals surface area contributed by atoms with Gasteiger partial charge in [-0.3, -0.25) is 4.79 Å². The van der Waals surface area contributed by atoms with Gasteiger partial charge in [0.05, 0.1) is 21.8 Å². The predicted octanol–water partition coefficient (Wildman–Crippen LogP) is 3.89. The molecule has 29 heavy (non-hydrogen) atoms. The van der Waals surface area contributed by atoms with Crippen LogP contribution < -0.4 is 10.5 Å². The Morgan fingerprint density at radius 2 is 1.97 bits per heavy atom. The van der Waals surface area contributed by atoms with E-state index in [-0.39, 0.29) is 22.4 Å². The Balaban J connectivity index is 1.90. The number of amides is 1. The molecule has 0 spiro atoms. The highest BCUT2D eigenvalue weighted by Gasteiger charge is 2.30. The highest BCUT2D eigenvalue weighted by Crippen LogP contribution is 2.30. The van der Waals surface area contributed by atoms with E-state index in [1.807, 2.05) is 0 Å². The number of hydrogen-bond acceptors (Lipinski definition) is 4. The summed E-state index contributed by atoms with van der Waals surface area (Å²) < 4.78 is 14.5. The second-order valence-corrected chi connectivity index (χ2v) is 7.64. The summed E-state index contributed by atoms with van der Waals surface area (Å²) >= 11 is 0. The van der Waals surface area contributed by atoms with Gasteiger partial charge in [0.25, 0.3) is 5.56 Å². The van der Waals surface area contributed by atoms with Crippen LogP contribution in [0.2, 0.25) is 0 Å². The Labute approximate surface area is 164 Å². The first-order chi connectivity index (χ1) is 13.7. The zero-order valence-corrected chi connectivity index (χ0v) is 15.9. The van der Waals surface area contributed by atoms with E-state index < -0.39 is 23.0 Å². The molecule has 2 aromatic carbocycles. The van der Waals surface area contributed by atoms with E-state index in [4.69, 9.17) is 0 Å². The Hall–Kier alpha value is -3.75. The number of aromatic amines is 2. The van der Waals surface area contributed by atoms with Gasteiger partial charge in [-0.1, -0.05) is 12.1 Å². The molecule has 3 N–H and O–H groups in total. The zero-order valence-electron chi connectivity index (χ0n) is 15.9. The van der Waals surface area contributed by atoms with Crippen LogP contribution in [-0.2, 0) is 0 Å². The zero-order chi connectivity index (χ0) is 20.9. The number of anilines is 1. The number of fused-ring (bicyclic) bond motifs is 2. The van der Waals surface area contributed by atoms with Crippen LogP contribution in [0.5, 0.6) is 0 Å². The smallest absolute Gasteiger partial charge is 0.414 e. The molecule has 0 radical (unpaired) electrons. The largest absolute Gasteiger partial charge is 0.465 e. The molecule has 0 saturated heterocycles. The number of rotatable bonds is 2. The van der Waals surface area contributed by atoms with Crippen LogP contribution in [0.25, 0.3) is 33.1 Å². The molecule has 0 saturated carbocycles. The summed E-state index contributed by atoms with van der Waals surface area (Å²) in [7, 11) is 0. The minimum atomic E-state index is -1.13. The fourth-order valence-corrected chi connectivity index (χ4v) is 3.33. The summed E-state index contributed by atoms with van der Waals surface area (Å²) in [4.78, 5) is 32.2. The lowest BCUT2D eigenvalue weighted by Gasteiger charge is -2.30. The number of benzene rings is 2. The van der Waals surface area contributed by atoms with Crippen LogP contribution in [0.1, 0.15) is 20.8 Å². The van der Waals surface area contributed by atoms with Crippen LogP contribution in [-0.4, -0.2) is 36.9 Å². The third-order valence-corrected chi connectivity index (χ3v) is 4.58. The van der Waals surface area contributed by atoms with Crippen LogP contribution >= 0.6 is 0 Å². The fraction of sp³-hybridized carbons (Fsp3) is 0.200. The maximum atomic E-state index is 14.5. The van der Waals surface area contributed by atoms with Gasteiger partial charge in [0.15, 0.2) is 0 Å². The van der Waals surface area contributed by atoms with Crippen molar-refractivity contribution in [3.8, 4) is 11.3 Å². The van der Waals surface area contributed by atoms with Crippen molar-refractivity contribution in [1.82, 2.24) is 20.2 Å². The maximum absolute atomic E-state index is 14.5. The van der Waals surface area contributed by atoms with Gasteiger partial charge in [0, 0.05) is 11.1 Å². The van der Waals surface area contributed by atoms with Crippen molar-refractivity contribution in [2.24, 2.45) is 0 Å². The van der Waals surface area contributed by atoms with Gasteiger partial charge in [-0.25, -0.2) is 24.2 Å². The number of halogens is 1. The van der Waals surface area contributed by atoms with E-state index in [9.17, 15) is 19.1 Å². The number of H-pyrrole nitrogens is 2. The summed E-state index contributed by atoms with van der Waals surface area (Å²) in [5.74, 6) is -0.367. The van der Waals surface area contributed by atoms with Crippen LogP contribution in [0.4, 0.5) is 15.1 Å². The second-order valence-electron chi connectivity index (χ2n) is 7.64. The van der Waals surface area contributed by atoms with Crippen molar-refractivity contribution in [3.63, 3.8) is 0 Å². The number of carbonyl (C=O) groups is 1. The van der Waals surface area contributed by atoms with Crippen molar-refractivity contribution >= 4 is 33.8 Å². The van der Waals surface area contributed by atoms with E-state index >= 15 is 0 Å².